The Morgan fingerprint density at radius 2 is 1.96 bits per heavy atom. The molecule has 150 valence electrons. The summed E-state index contributed by atoms with van der Waals surface area (Å²) >= 11 is 3.22. The zero-order chi connectivity index (χ0) is 19.1. The summed E-state index contributed by atoms with van der Waals surface area (Å²) in [6, 6.07) is 4.17. The predicted octanol–water partition coefficient (Wildman–Crippen LogP) is 3.89. The van der Waals surface area contributed by atoms with E-state index < -0.39 is 0 Å². The van der Waals surface area contributed by atoms with Gasteiger partial charge in [-0.3, -0.25) is 4.79 Å². The summed E-state index contributed by atoms with van der Waals surface area (Å²) in [5.74, 6) is 4.27. The molecule has 2 aromatic rings. The van der Waals surface area contributed by atoms with Gasteiger partial charge in [0.1, 0.15) is 5.82 Å². The lowest BCUT2D eigenvalue weighted by Crippen LogP contribution is -2.51. The number of carbonyl (C=O) groups excluding carboxylic acids is 1. The third-order valence-corrected chi connectivity index (χ3v) is 8.89. The average molecular weight is 417 g/mol. The molecule has 4 bridgehead atoms. The maximum atomic E-state index is 12.5. The molecule has 0 unspecified atom stereocenters. The molecule has 6 rings (SSSR count). The fourth-order valence-electron chi connectivity index (χ4n) is 6.17. The topological polar surface area (TPSA) is 59.8 Å². The normalized spacial score (nSPS) is 30.7. The van der Waals surface area contributed by atoms with Gasteiger partial charge in [0.15, 0.2) is 5.16 Å². The summed E-state index contributed by atoms with van der Waals surface area (Å²) in [4.78, 5) is 13.8. The van der Waals surface area contributed by atoms with E-state index in [4.69, 9.17) is 0 Å². The highest BCUT2D eigenvalue weighted by molar-refractivity contribution is 7.99. The Morgan fingerprint density at radius 3 is 2.61 bits per heavy atom. The molecule has 7 heteroatoms. The Labute approximate surface area is 174 Å². The van der Waals surface area contributed by atoms with Crippen LogP contribution in [0, 0.1) is 23.2 Å². The van der Waals surface area contributed by atoms with Crippen LogP contribution in [0.3, 0.4) is 0 Å². The summed E-state index contributed by atoms with van der Waals surface area (Å²) < 4.78 is 2.01. The largest absolute Gasteiger partial charge is 0.355 e. The second-order valence-corrected chi connectivity index (χ2v) is 11.2. The van der Waals surface area contributed by atoms with Crippen LogP contribution in [0.4, 0.5) is 0 Å². The maximum Gasteiger partial charge on any atom is 0.230 e. The zero-order valence-corrected chi connectivity index (χ0v) is 18.0. The van der Waals surface area contributed by atoms with Crippen molar-refractivity contribution in [1.29, 1.82) is 0 Å². The molecule has 28 heavy (non-hydrogen) atoms. The zero-order valence-electron chi connectivity index (χ0n) is 16.4. The monoisotopic (exact) mass is 416 g/mol. The van der Waals surface area contributed by atoms with Gasteiger partial charge in [-0.15, -0.1) is 21.5 Å². The smallest absolute Gasteiger partial charge is 0.230 e. The third kappa shape index (κ3) is 3.75. The first-order valence-electron chi connectivity index (χ1n) is 10.4. The van der Waals surface area contributed by atoms with Crippen LogP contribution in [0.15, 0.2) is 22.7 Å². The number of rotatable bonds is 7. The standard InChI is InChI=1S/C21H28N4OS2/c1-25-18(8-17-3-2-4-27-17)23-24-20(25)28-12-19(26)22-13-21-9-14-5-15(10-21)7-16(6-14)11-21/h2-4,14-16H,5-13H2,1H3,(H,22,26). The van der Waals surface area contributed by atoms with Crippen LogP contribution < -0.4 is 5.32 Å². The number of carbonyl (C=O) groups is 1. The number of hydrogen-bond donors (Lipinski definition) is 1. The van der Waals surface area contributed by atoms with Crippen molar-refractivity contribution in [2.75, 3.05) is 12.3 Å². The molecule has 5 nitrogen and oxygen atoms in total. The van der Waals surface area contributed by atoms with E-state index >= 15 is 0 Å². The lowest BCUT2D eigenvalue weighted by molar-refractivity contribution is -0.120. The quantitative estimate of drug-likeness (QED) is 0.696. The van der Waals surface area contributed by atoms with Gasteiger partial charge >= 0.3 is 0 Å². The second kappa shape index (κ2) is 7.48. The van der Waals surface area contributed by atoms with Crippen LogP contribution in [0.2, 0.25) is 0 Å². The van der Waals surface area contributed by atoms with E-state index in [0.717, 1.165) is 41.7 Å². The highest BCUT2D eigenvalue weighted by atomic mass is 32.2. The molecule has 0 aliphatic heterocycles. The number of thiophene rings is 1. The minimum Gasteiger partial charge on any atom is -0.355 e. The molecule has 2 heterocycles. The van der Waals surface area contributed by atoms with Gasteiger partial charge < -0.3 is 9.88 Å². The van der Waals surface area contributed by atoms with Gasteiger partial charge in [-0.2, -0.15) is 0 Å². The lowest BCUT2D eigenvalue weighted by atomic mass is 9.49. The predicted molar refractivity (Wildman–Crippen MR) is 112 cm³/mol. The number of hydrogen-bond acceptors (Lipinski definition) is 5. The first-order valence-corrected chi connectivity index (χ1v) is 12.3. The number of nitrogens with zero attached hydrogens (tertiary/aromatic N) is 3. The van der Waals surface area contributed by atoms with Gasteiger partial charge in [-0.25, -0.2) is 0 Å². The summed E-state index contributed by atoms with van der Waals surface area (Å²) in [6.45, 7) is 0.873. The minimum atomic E-state index is 0.128. The molecule has 0 atom stereocenters. The van der Waals surface area contributed by atoms with E-state index in [0.29, 0.717) is 11.2 Å². The molecule has 4 fully saturated rings. The van der Waals surface area contributed by atoms with Crippen molar-refractivity contribution in [3.63, 3.8) is 0 Å². The molecule has 0 spiro atoms. The molecule has 1 amide bonds. The summed E-state index contributed by atoms with van der Waals surface area (Å²) in [5, 5.41) is 14.7. The minimum absolute atomic E-state index is 0.128. The van der Waals surface area contributed by atoms with E-state index in [9.17, 15) is 4.79 Å². The summed E-state index contributed by atoms with van der Waals surface area (Å²) in [5.41, 5.74) is 0.397. The number of aromatic nitrogens is 3. The molecule has 1 N–H and O–H groups in total. The van der Waals surface area contributed by atoms with Crippen LogP contribution >= 0.6 is 23.1 Å². The molecule has 4 aliphatic rings. The van der Waals surface area contributed by atoms with Crippen molar-refractivity contribution in [1.82, 2.24) is 20.1 Å². The van der Waals surface area contributed by atoms with Crippen molar-refractivity contribution < 1.29 is 4.79 Å². The van der Waals surface area contributed by atoms with Crippen LogP contribution in [-0.2, 0) is 18.3 Å². The van der Waals surface area contributed by atoms with Gasteiger partial charge in [0, 0.05) is 24.9 Å². The number of thioether (sulfide) groups is 1. The molecule has 2 aromatic heterocycles. The third-order valence-electron chi connectivity index (χ3n) is 7.00. The fraction of sp³-hybridized carbons (Fsp3) is 0.667. The van der Waals surface area contributed by atoms with E-state index in [-0.39, 0.29) is 5.91 Å². The Kier molecular flexibility index (Phi) is 4.99. The van der Waals surface area contributed by atoms with Crippen LogP contribution in [0.5, 0.6) is 0 Å². The molecule has 0 radical (unpaired) electrons. The Bertz CT molecular complexity index is 809. The summed E-state index contributed by atoms with van der Waals surface area (Å²) in [7, 11) is 1.98. The van der Waals surface area contributed by atoms with Crippen molar-refractivity contribution in [2.45, 2.75) is 50.1 Å². The maximum absolute atomic E-state index is 12.5. The van der Waals surface area contributed by atoms with Gasteiger partial charge in [0.25, 0.3) is 0 Å². The van der Waals surface area contributed by atoms with Crippen molar-refractivity contribution in [3.05, 3.63) is 28.2 Å². The lowest BCUT2D eigenvalue weighted by Gasteiger charge is -2.56. The van der Waals surface area contributed by atoms with E-state index in [1.165, 1.54) is 55.2 Å². The van der Waals surface area contributed by atoms with E-state index in [2.05, 4.69) is 33.0 Å². The highest BCUT2D eigenvalue weighted by Crippen LogP contribution is 2.59. The molecule has 4 saturated carbocycles. The average Bonchev–Trinajstić information content (AvgIpc) is 3.28. The Balaban J connectivity index is 1.13. The molecule has 0 aromatic carbocycles. The van der Waals surface area contributed by atoms with Crippen molar-refractivity contribution in [2.24, 2.45) is 30.2 Å². The Morgan fingerprint density at radius 1 is 1.25 bits per heavy atom. The molecule has 0 saturated heterocycles. The molecular weight excluding hydrogens is 388 g/mol. The van der Waals surface area contributed by atoms with Crippen LogP contribution in [0.25, 0.3) is 0 Å². The Hall–Kier alpha value is -1.34. The first-order chi connectivity index (χ1) is 13.6. The van der Waals surface area contributed by atoms with E-state index in [1.807, 2.05) is 11.6 Å². The summed E-state index contributed by atoms with van der Waals surface area (Å²) in [6.07, 6.45) is 9.14. The van der Waals surface area contributed by atoms with Crippen LogP contribution in [0.1, 0.15) is 49.2 Å². The van der Waals surface area contributed by atoms with Crippen molar-refractivity contribution >= 4 is 29.0 Å². The van der Waals surface area contributed by atoms with Gasteiger partial charge in [-0.05, 0) is 73.1 Å². The second-order valence-electron chi connectivity index (χ2n) is 9.20. The molecule has 4 aliphatic carbocycles. The molecular formula is C21H28N4OS2. The number of amides is 1. The highest BCUT2D eigenvalue weighted by Gasteiger charge is 2.50. The van der Waals surface area contributed by atoms with Gasteiger partial charge in [0.05, 0.1) is 5.75 Å². The van der Waals surface area contributed by atoms with Gasteiger partial charge in [0.2, 0.25) is 5.91 Å². The van der Waals surface area contributed by atoms with E-state index in [1.54, 1.807) is 11.3 Å². The fourth-order valence-corrected chi connectivity index (χ4v) is 7.63. The van der Waals surface area contributed by atoms with Crippen molar-refractivity contribution in [3.8, 4) is 0 Å². The van der Waals surface area contributed by atoms with Crippen LogP contribution in [-0.4, -0.2) is 33.0 Å². The SMILES string of the molecule is Cn1c(Cc2cccs2)nnc1SCC(=O)NCC12CC3CC(CC(C3)C1)C2. The van der Waals surface area contributed by atoms with Gasteiger partial charge in [-0.1, -0.05) is 17.8 Å². The first kappa shape index (κ1) is 18.7. The number of nitrogens with one attached hydrogen (secondary N) is 1.